The Labute approximate surface area is 203 Å². The Kier molecular flexibility index (Phi) is 6.71. The van der Waals surface area contributed by atoms with Crippen LogP contribution >= 0.6 is 0 Å². The van der Waals surface area contributed by atoms with Gasteiger partial charge in [-0.25, -0.2) is 8.42 Å². The largest absolute Gasteiger partial charge is 0.486 e. The third-order valence-electron chi connectivity index (χ3n) is 5.97. The molecule has 0 unspecified atom stereocenters. The highest BCUT2D eigenvalue weighted by Crippen LogP contribution is 2.34. The maximum absolute atomic E-state index is 13.0. The third-order valence-corrected chi connectivity index (χ3v) is 7.80. The van der Waals surface area contributed by atoms with Crippen LogP contribution in [0.5, 0.6) is 11.5 Å². The number of hydrogen-bond donors (Lipinski definition) is 2. The molecule has 184 valence electrons. The summed E-state index contributed by atoms with van der Waals surface area (Å²) in [5, 5.41) is 9.83. The van der Waals surface area contributed by atoms with Gasteiger partial charge < -0.3 is 19.5 Å². The molecule has 1 amide bonds. The number of carbonyl (C=O) groups excluding carboxylic acids is 1. The minimum absolute atomic E-state index is 0.132. The molecule has 10 nitrogen and oxygen atoms in total. The van der Waals surface area contributed by atoms with Gasteiger partial charge in [-0.15, -0.1) is 0 Å². The van der Waals surface area contributed by atoms with Crippen LogP contribution in [-0.2, 0) is 27.1 Å². The molecular formula is C24H26N4O6S. The van der Waals surface area contributed by atoms with Crippen LogP contribution in [0.4, 0.5) is 0 Å². The first-order valence-corrected chi connectivity index (χ1v) is 13.0. The van der Waals surface area contributed by atoms with E-state index in [0.717, 1.165) is 11.1 Å². The first kappa shape index (κ1) is 23.3. The summed E-state index contributed by atoms with van der Waals surface area (Å²) in [4.78, 5) is 13.0. The highest BCUT2D eigenvalue weighted by molar-refractivity contribution is 7.88. The van der Waals surface area contributed by atoms with Crippen molar-refractivity contribution >= 4 is 15.9 Å². The lowest BCUT2D eigenvalue weighted by Crippen LogP contribution is -2.41. The number of benzene rings is 2. The van der Waals surface area contributed by atoms with Gasteiger partial charge in [-0.1, -0.05) is 24.3 Å². The van der Waals surface area contributed by atoms with Crippen molar-refractivity contribution in [1.82, 2.24) is 19.8 Å². The zero-order chi connectivity index (χ0) is 24.3. The molecule has 1 saturated heterocycles. The smallest absolute Gasteiger partial charge is 0.255 e. The Morgan fingerprint density at radius 1 is 1.00 bits per heavy atom. The molecular weight excluding hydrogens is 472 g/mol. The maximum atomic E-state index is 13.0. The molecule has 5 rings (SSSR count). The van der Waals surface area contributed by atoms with Gasteiger partial charge in [0.25, 0.3) is 5.91 Å². The van der Waals surface area contributed by atoms with E-state index in [0.29, 0.717) is 67.8 Å². The molecule has 35 heavy (non-hydrogen) atoms. The molecule has 0 atom stereocenters. The normalized spacial score (nSPS) is 16.1. The van der Waals surface area contributed by atoms with Crippen molar-refractivity contribution in [3.8, 4) is 22.8 Å². The fraction of sp³-hybridized carbons (Fsp3) is 0.333. The minimum Gasteiger partial charge on any atom is -0.486 e. The van der Waals surface area contributed by atoms with Gasteiger partial charge in [0, 0.05) is 25.2 Å². The Morgan fingerprint density at radius 3 is 2.54 bits per heavy atom. The number of ether oxygens (including phenoxy) is 3. The molecule has 2 aliphatic heterocycles. The highest BCUT2D eigenvalue weighted by atomic mass is 32.2. The quantitative estimate of drug-likeness (QED) is 0.510. The van der Waals surface area contributed by atoms with Gasteiger partial charge in [-0.2, -0.15) is 9.40 Å². The summed E-state index contributed by atoms with van der Waals surface area (Å²) in [6.45, 7) is 2.64. The average molecular weight is 499 g/mol. The molecule has 3 heterocycles. The van der Waals surface area contributed by atoms with Crippen LogP contribution in [0.25, 0.3) is 11.3 Å². The number of aromatic nitrogens is 2. The molecule has 2 aromatic carbocycles. The summed E-state index contributed by atoms with van der Waals surface area (Å²) in [7, 11) is -3.49. The molecule has 0 aliphatic carbocycles. The van der Waals surface area contributed by atoms with E-state index in [1.165, 1.54) is 10.5 Å². The highest BCUT2D eigenvalue weighted by Gasteiger charge is 2.25. The Morgan fingerprint density at radius 2 is 1.74 bits per heavy atom. The number of rotatable bonds is 7. The zero-order valence-corrected chi connectivity index (χ0v) is 19.8. The molecule has 3 aromatic rings. The van der Waals surface area contributed by atoms with E-state index in [-0.39, 0.29) is 18.2 Å². The fourth-order valence-electron chi connectivity index (χ4n) is 4.13. The van der Waals surface area contributed by atoms with Gasteiger partial charge in [0.2, 0.25) is 10.0 Å². The standard InChI is InChI=1S/C24H26N4O6S/c29-24(20-15-26-27-23(20)17-5-6-21-22(13-17)34-12-11-33-21)25-14-18-3-1-2-4-19(18)16-35(30,31)28-7-9-32-10-8-28/h1-6,13,15H,7-12,14,16H2,(H,25,29)(H,26,27). The van der Waals surface area contributed by atoms with Crippen molar-refractivity contribution in [3.05, 3.63) is 65.4 Å². The van der Waals surface area contributed by atoms with Crippen LogP contribution in [0.2, 0.25) is 0 Å². The maximum Gasteiger partial charge on any atom is 0.255 e. The van der Waals surface area contributed by atoms with E-state index < -0.39 is 10.0 Å². The summed E-state index contributed by atoms with van der Waals surface area (Å²) in [6, 6.07) is 12.7. The molecule has 0 saturated carbocycles. The molecule has 0 bridgehead atoms. The summed E-state index contributed by atoms with van der Waals surface area (Å²) in [6.07, 6.45) is 1.47. The predicted molar refractivity (Wildman–Crippen MR) is 128 cm³/mol. The van der Waals surface area contributed by atoms with E-state index in [4.69, 9.17) is 14.2 Å². The summed E-state index contributed by atoms with van der Waals surface area (Å²) < 4.78 is 43.7. The van der Waals surface area contributed by atoms with Crippen LogP contribution in [0.15, 0.2) is 48.7 Å². The average Bonchev–Trinajstić information content (AvgIpc) is 3.38. The van der Waals surface area contributed by atoms with E-state index in [1.807, 2.05) is 24.3 Å². The molecule has 1 aromatic heterocycles. The molecule has 11 heteroatoms. The van der Waals surface area contributed by atoms with Gasteiger partial charge in [0.1, 0.15) is 13.2 Å². The predicted octanol–water partition coefficient (Wildman–Crippen LogP) is 1.94. The summed E-state index contributed by atoms with van der Waals surface area (Å²) in [5.41, 5.74) is 3.07. The summed E-state index contributed by atoms with van der Waals surface area (Å²) >= 11 is 0. The van der Waals surface area contributed by atoms with Crippen LogP contribution in [0, 0.1) is 0 Å². The lowest BCUT2D eigenvalue weighted by Gasteiger charge is -2.26. The van der Waals surface area contributed by atoms with Crippen molar-refractivity contribution in [2.45, 2.75) is 12.3 Å². The van der Waals surface area contributed by atoms with Crippen molar-refractivity contribution in [3.63, 3.8) is 0 Å². The van der Waals surface area contributed by atoms with E-state index in [1.54, 1.807) is 18.2 Å². The Bertz CT molecular complexity index is 1320. The Balaban J connectivity index is 1.30. The van der Waals surface area contributed by atoms with Gasteiger partial charge >= 0.3 is 0 Å². The number of aromatic amines is 1. The van der Waals surface area contributed by atoms with Gasteiger partial charge in [0.05, 0.1) is 36.4 Å². The van der Waals surface area contributed by atoms with Crippen LogP contribution in [0.1, 0.15) is 21.5 Å². The van der Waals surface area contributed by atoms with Gasteiger partial charge in [-0.3, -0.25) is 9.89 Å². The molecule has 2 aliphatic rings. The topological polar surface area (TPSA) is 123 Å². The van der Waals surface area contributed by atoms with Crippen molar-refractivity contribution in [2.24, 2.45) is 0 Å². The minimum atomic E-state index is -3.49. The van der Waals surface area contributed by atoms with E-state index in [2.05, 4.69) is 15.5 Å². The van der Waals surface area contributed by atoms with E-state index >= 15 is 0 Å². The molecule has 1 fully saturated rings. The number of sulfonamides is 1. The summed E-state index contributed by atoms with van der Waals surface area (Å²) in [5.74, 6) is 0.821. The van der Waals surface area contributed by atoms with Gasteiger partial charge in [-0.05, 0) is 29.3 Å². The second-order valence-corrected chi connectivity index (χ2v) is 10.2. The number of nitrogens with one attached hydrogen (secondary N) is 2. The SMILES string of the molecule is O=C(NCc1ccccc1CS(=O)(=O)N1CCOCC1)c1cn[nH]c1-c1ccc2c(c1)OCCO2. The number of nitrogens with zero attached hydrogens (tertiary/aromatic N) is 2. The van der Waals surface area contributed by atoms with Crippen molar-refractivity contribution < 1.29 is 27.4 Å². The van der Waals surface area contributed by atoms with Crippen LogP contribution in [-0.4, -0.2) is 68.3 Å². The number of H-pyrrole nitrogens is 1. The first-order chi connectivity index (χ1) is 17.0. The second-order valence-electron chi connectivity index (χ2n) is 8.24. The fourth-order valence-corrected chi connectivity index (χ4v) is 5.69. The number of amides is 1. The lowest BCUT2D eigenvalue weighted by molar-refractivity contribution is 0.0729. The number of morpholine rings is 1. The second kappa shape index (κ2) is 10.1. The lowest BCUT2D eigenvalue weighted by atomic mass is 10.1. The van der Waals surface area contributed by atoms with Crippen LogP contribution < -0.4 is 14.8 Å². The molecule has 0 spiro atoms. The molecule has 2 N–H and O–H groups in total. The third kappa shape index (κ3) is 5.16. The Hall–Kier alpha value is -3.41. The zero-order valence-electron chi connectivity index (χ0n) is 19.0. The molecule has 0 radical (unpaired) electrons. The van der Waals surface area contributed by atoms with Crippen LogP contribution in [0.3, 0.4) is 0 Å². The number of fused-ring (bicyclic) bond motifs is 1. The van der Waals surface area contributed by atoms with Crippen molar-refractivity contribution in [1.29, 1.82) is 0 Å². The number of hydrogen-bond acceptors (Lipinski definition) is 7. The van der Waals surface area contributed by atoms with Gasteiger partial charge in [0.15, 0.2) is 11.5 Å². The van der Waals surface area contributed by atoms with Crippen molar-refractivity contribution in [2.75, 3.05) is 39.5 Å². The number of carbonyl (C=O) groups is 1. The first-order valence-electron chi connectivity index (χ1n) is 11.4. The van der Waals surface area contributed by atoms with E-state index in [9.17, 15) is 13.2 Å². The monoisotopic (exact) mass is 498 g/mol.